The van der Waals surface area contributed by atoms with Crippen LogP contribution in [-0.2, 0) is 17.9 Å². The van der Waals surface area contributed by atoms with Gasteiger partial charge in [0.2, 0.25) is 0 Å². The number of aromatic nitrogens is 2. The second-order valence-corrected chi connectivity index (χ2v) is 11.9. The van der Waals surface area contributed by atoms with E-state index in [9.17, 15) is 14.7 Å². The van der Waals surface area contributed by atoms with Crippen molar-refractivity contribution in [3.05, 3.63) is 77.6 Å². The van der Waals surface area contributed by atoms with Gasteiger partial charge in [0.15, 0.2) is 5.78 Å². The molecular weight excluding hydrogens is 547 g/mol. The zero-order valence-electron chi connectivity index (χ0n) is 24.6. The lowest BCUT2D eigenvalue weighted by molar-refractivity contribution is -0.120. The Morgan fingerprint density at radius 2 is 1.98 bits per heavy atom. The molecule has 0 radical (unpaired) electrons. The van der Waals surface area contributed by atoms with E-state index in [1.54, 1.807) is 24.4 Å². The number of nitrogens with zero attached hydrogens (tertiary/aromatic N) is 3. The van der Waals surface area contributed by atoms with Crippen LogP contribution >= 0.6 is 0 Å². The summed E-state index contributed by atoms with van der Waals surface area (Å²) in [7, 11) is 3.94. The topological polar surface area (TPSA) is 96.7 Å². The van der Waals surface area contributed by atoms with Gasteiger partial charge >= 0.3 is 5.97 Å². The van der Waals surface area contributed by atoms with E-state index in [0.29, 0.717) is 37.1 Å². The molecule has 8 nitrogen and oxygen atoms in total. The van der Waals surface area contributed by atoms with Crippen molar-refractivity contribution in [3.8, 4) is 17.0 Å². The van der Waals surface area contributed by atoms with Gasteiger partial charge in [0, 0.05) is 34.8 Å². The smallest absolute Gasteiger partial charge is 0.335 e. The van der Waals surface area contributed by atoms with Crippen LogP contribution in [0.25, 0.3) is 22.2 Å². The first kappa shape index (κ1) is 28.9. The average molecular weight is 585 g/mol. The van der Waals surface area contributed by atoms with Crippen LogP contribution in [0.15, 0.2) is 60.8 Å². The Balaban J connectivity index is 1.54. The van der Waals surface area contributed by atoms with Crippen molar-refractivity contribution in [2.75, 3.05) is 26.0 Å². The monoisotopic (exact) mass is 584 g/mol. The number of pyridine rings is 1. The van der Waals surface area contributed by atoms with E-state index < -0.39 is 18.2 Å². The third-order valence-electron chi connectivity index (χ3n) is 8.66. The molecule has 9 heteroatoms. The summed E-state index contributed by atoms with van der Waals surface area (Å²) in [5.41, 5.74) is 4.76. The van der Waals surface area contributed by atoms with Crippen LogP contribution in [0.1, 0.15) is 59.6 Å². The highest BCUT2D eigenvalue weighted by Crippen LogP contribution is 2.48. The predicted molar refractivity (Wildman–Crippen MR) is 165 cm³/mol. The van der Waals surface area contributed by atoms with E-state index in [1.807, 2.05) is 60.0 Å². The van der Waals surface area contributed by atoms with Crippen molar-refractivity contribution in [2.45, 2.75) is 63.4 Å². The summed E-state index contributed by atoms with van der Waals surface area (Å²) < 4.78 is 23.7. The van der Waals surface area contributed by atoms with Gasteiger partial charge in [0.25, 0.3) is 0 Å². The number of hydrogen-bond acceptors (Lipinski definition) is 6. The number of hydrogen-bond donors (Lipinski definition) is 2. The van der Waals surface area contributed by atoms with Gasteiger partial charge in [-0.3, -0.25) is 9.78 Å². The first-order valence-electron chi connectivity index (χ1n) is 14.9. The third-order valence-corrected chi connectivity index (χ3v) is 8.66. The fourth-order valence-corrected chi connectivity index (χ4v) is 6.48. The van der Waals surface area contributed by atoms with E-state index in [0.717, 1.165) is 46.4 Å². The number of fused-ring (bicyclic) bond motifs is 5. The number of Topliss-reactive ketones (excluding diaryl/α,β-unsaturated/α-hetero) is 1. The number of alkyl halides is 1. The molecule has 4 aromatic rings. The minimum Gasteiger partial charge on any atom is -0.487 e. The molecule has 6 rings (SSSR count). The zero-order valence-corrected chi connectivity index (χ0v) is 24.6. The Morgan fingerprint density at radius 3 is 2.72 bits per heavy atom. The van der Waals surface area contributed by atoms with Crippen molar-refractivity contribution < 1.29 is 23.8 Å². The highest BCUT2D eigenvalue weighted by atomic mass is 19.1. The minimum atomic E-state index is -1.04. The summed E-state index contributed by atoms with van der Waals surface area (Å²) in [5, 5.41) is 14.1. The van der Waals surface area contributed by atoms with Gasteiger partial charge in [-0.15, -0.1) is 0 Å². The maximum Gasteiger partial charge on any atom is 0.335 e. The largest absolute Gasteiger partial charge is 0.487 e. The molecule has 224 valence electrons. The number of nitrogens with one attached hydrogen (secondary N) is 1. The standard InChI is InChI=1S/C34H37FN4O4/c1-38(2)16-14-28-31(40)19-39-30-17-21(34(41)42)10-12-26(30)32(24-8-3-4-9-27(24)35)33(39)25-13-11-23(18-29(25)37-28)43-20-22-7-5-6-15-36-22/h5-7,10-13,15,17-18,24,27-28,37H,3-4,8-9,14,16,19-20H2,1-2H3,(H,41,42)/t24?,27-,28?/m0/s1. The molecule has 0 bridgehead atoms. The van der Waals surface area contributed by atoms with Crippen LogP contribution in [0.3, 0.4) is 0 Å². The van der Waals surface area contributed by atoms with Crippen LogP contribution in [-0.4, -0.2) is 64.2 Å². The molecular formula is C34H37FN4O4. The SMILES string of the molecule is CN(C)CCC1Nc2cc(OCc3ccccn3)ccc2-c2c(C3CCCC[C@@H]3F)c3ccc(C(=O)O)cc3n2CC1=O. The molecule has 3 heterocycles. The van der Waals surface area contributed by atoms with Crippen LogP contribution in [0.4, 0.5) is 10.1 Å². The first-order chi connectivity index (χ1) is 20.8. The van der Waals surface area contributed by atoms with Crippen molar-refractivity contribution in [1.82, 2.24) is 14.5 Å². The number of carboxylic acids is 1. The number of ether oxygens (including phenoxy) is 1. The quantitative estimate of drug-likeness (QED) is 0.251. The van der Waals surface area contributed by atoms with Gasteiger partial charge in [-0.2, -0.15) is 0 Å². The van der Waals surface area contributed by atoms with Crippen molar-refractivity contribution >= 4 is 28.3 Å². The first-order valence-corrected chi connectivity index (χ1v) is 14.9. The van der Waals surface area contributed by atoms with Crippen LogP contribution in [0.5, 0.6) is 5.75 Å². The average Bonchev–Trinajstić information content (AvgIpc) is 3.30. The van der Waals surface area contributed by atoms with Crippen LogP contribution in [0.2, 0.25) is 0 Å². The van der Waals surface area contributed by atoms with E-state index in [-0.39, 0.29) is 30.4 Å². The highest BCUT2D eigenvalue weighted by Gasteiger charge is 2.36. The maximum atomic E-state index is 15.7. The van der Waals surface area contributed by atoms with Gasteiger partial charge in [-0.1, -0.05) is 25.0 Å². The molecule has 2 aromatic heterocycles. The summed E-state index contributed by atoms with van der Waals surface area (Å²) in [6.07, 6.45) is 4.23. The van der Waals surface area contributed by atoms with Gasteiger partial charge in [-0.25, -0.2) is 9.18 Å². The Bertz CT molecular complexity index is 1650. The van der Waals surface area contributed by atoms with Gasteiger partial charge in [0.05, 0.1) is 35.1 Å². The molecule has 1 aliphatic heterocycles. The predicted octanol–water partition coefficient (Wildman–Crippen LogP) is 6.29. The lowest BCUT2D eigenvalue weighted by atomic mass is 9.80. The molecule has 0 amide bonds. The molecule has 0 saturated heterocycles. The fourth-order valence-electron chi connectivity index (χ4n) is 6.48. The summed E-state index contributed by atoms with van der Waals surface area (Å²) in [6.45, 7) is 1.05. The number of carbonyl (C=O) groups is 2. The Hall–Kier alpha value is -4.24. The van der Waals surface area contributed by atoms with Crippen LogP contribution < -0.4 is 10.1 Å². The number of carboxylic acid groups (broad SMARTS) is 1. The molecule has 0 spiro atoms. The summed E-state index contributed by atoms with van der Waals surface area (Å²) >= 11 is 0. The molecule has 2 aliphatic rings. The number of rotatable bonds is 8. The number of halogens is 1. The number of ketones is 1. The highest BCUT2D eigenvalue weighted by molar-refractivity contribution is 6.02. The lowest BCUT2D eigenvalue weighted by Gasteiger charge is -2.30. The molecule has 2 N–H and O–H groups in total. The second kappa shape index (κ2) is 12.2. The Morgan fingerprint density at radius 1 is 1.14 bits per heavy atom. The fraction of sp³-hybridized carbons (Fsp3) is 0.382. The summed E-state index contributed by atoms with van der Waals surface area (Å²) in [5.74, 6) is -0.791. The normalized spacial score (nSPS) is 20.2. The Kier molecular flexibility index (Phi) is 8.17. The molecule has 2 unspecified atom stereocenters. The van der Waals surface area contributed by atoms with Gasteiger partial charge in [-0.05, 0) is 81.9 Å². The number of carbonyl (C=O) groups excluding carboxylic acids is 1. The van der Waals surface area contributed by atoms with Crippen LogP contribution in [0, 0.1) is 0 Å². The summed E-state index contributed by atoms with van der Waals surface area (Å²) in [4.78, 5) is 32.3. The van der Waals surface area contributed by atoms with Gasteiger partial charge < -0.3 is 24.6 Å². The molecule has 3 atom stereocenters. The second-order valence-electron chi connectivity index (χ2n) is 11.9. The van der Waals surface area contributed by atoms with Crippen molar-refractivity contribution in [3.63, 3.8) is 0 Å². The number of benzene rings is 2. The molecule has 2 aromatic carbocycles. The number of aromatic carboxylic acids is 1. The third kappa shape index (κ3) is 5.86. The Labute approximate surface area is 250 Å². The van der Waals surface area contributed by atoms with Crippen molar-refractivity contribution in [2.24, 2.45) is 0 Å². The van der Waals surface area contributed by atoms with E-state index in [1.165, 1.54) is 0 Å². The van der Waals surface area contributed by atoms with Crippen molar-refractivity contribution in [1.29, 1.82) is 0 Å². The molecule has 1 fully saturated rings. The summed E-state index contributed by atoms with van der Waals surface area (Å²) in [6, 6.07) is 15.9. The minimum absolute atomic E-state index is 0.0156. The van der Waals surface area contributed by atoms with E-state index in [2.05, 4.69) is 10.3 Å². The van der Waals surface area contributed by atoms with Gasteiger partial charge in [0.1, 0.15) is 18.5 Å². The maximum absolute atomic E-state index is 15.7. The number of anilines is 1. The molecule has 1 aliphatic carbocycles. The van der Waals surface area contributed by atoms with E-state index in [4.69, 9.17) is 4.74 Å². The van der Waals surface area contributed by atoms with E-state index >= 15 is 4.39 Å². The molecule has 43 heavy (non-hydrogen) atoms. The zero-order chi connectivity index (χ0) is 30.1. The lowest BCUT2D eigenvalue weighted by Crippen LogP contribution is -2.36. The molecule has 1 saturated carbocycles.